The van der Waals surface area contributed by atoms with Crippen LogP contribution < -0.4 is 10.2 Å². The minimum atomic E-state index is -3.67. The molecule has 1 aliphatic carbocycles. The van der Waals surface area contributed by atoms with Gasteiger partial charge in [0, 0.05) is 48.2 Å². The second-order valence-corrected chi connectivity index (χ2v) is 12.2. The van der Waals surface area contributed by atoms with Crippen LogP contribution in [0.3, 0.4) is 0 Å². The fraction of sp³-hybridized carbons (Fsp3) is 0.462. The molecule has 1 saturated carbocycles. The fourth-order valence-electron chi connectivity index (χ4n) is 5.07. The zero-order valence-electron chi connectivity index (χ0n) is 19.7. The maximum absolute atomic E-state index is 13.4. The molecule has 1 saturated heterocycles. The van der Waals surface area contributed by atoms with Gasteiger partial charge < -0.3 is 10.2 Å². The lowest BCUT2D eigenvalue weighted by molar-refractivity contribution is -0.126. The Morgan fingerprint density at radius 3 is 2.34 bits per heavy atom. The van der Waals surface area contributed by atoms with Gasteiger partial charge in [-0.1, -0.05) is 23.7 Å². The smallest absolute Gasteiger partial charge is 0.243 e. The van der Waals surface area contributed by atoms with Crippen molar-refractivity contribution >= 4 is 39.1 Å². The monoisotopic (exact) mass is 515 g/mol. The number of benzene rings is 2. The largest absolute Gasteiger partial charge is 0.352 e. The number of hydrogen-bond donors (Lipinski definition) is 1. The molecule has 186 valence electrons. The van der Waals surface area contributed by atoms with Gasteiger partial charge in [-0.2, -0.15) is 4.31 Å². The van der Waals surface area contributed by atoms with Gasteiger partial charge in [0.15, 0.2) is 0 Å². The van der Waals surface area contributed by atoms with E-state index in [4.69, 9.17) is 11.6 Å². The van der Waals surface area contributed by atoms with Crippen LogP contribution in [0.25, 0.3) is 0 Å². The average molecular weight is 516 g/mol. The highest BCUT2D eigenvalue weighted by Gasteiger charge is 2.40. The summed E-state index contributed by atoms with van der Waals surface area (Å²) in [6.45, 7) is 3.04. The van der Waals surface area contributed by atoms with Crippen LogP contribution in [0.1, 0.15) is 43.7 Å². The van der Waals surface area contributed by atoms with Gasteiger partial charge in [-0.3, -0.25) is 9.59 Å². The van der Waals surface area contributed by atoms with Crippen molar-refractivity contribution < 1.29 is 18.0 Å². The number of carbonyl (C=O) groups excluding carboxylic acids is 2. The summed E-state index contributed by atoms with van der Waals surface area (Å²) in [5.74, 6) is 0.0142. The number of nitrogens with zero attached hydrogens (tertiary/aromatic N) is 2. The van der Waals surface area contributed by atoms with Crippen LogP contribution in [0, 0.1) is 11.8 Å². The van der Waals surface area contributed by atoms with Gasteiger partial charge in [-0.25, -0.2) is 8.42 Å². The zero-order chi connectivity index (χ0) is 24.7. The van der Waals surface area contributed by atoms with E-state index in [9.17, 15) is 18.0 Å². The number of halogens is 1. The van der Waals surface area contributed by atoms with E-state index in [-0.39, 0.29) is 34.6 Å². The van der Waals surface area contributed by atoms with Crippen LogP contribution in [-0.2, 0) is 32.6 Å². The first-order valence-electron chi connectivity index (χ1n) is 12.2. The maximum atomic E-state index is 13.4. The summed E-state index contributed by atoms with van der Waals surface area (Å²) >= 11 is 5.90. The van der Waals surface area contributed by atoms with Crippen molar-refractivity contribution in [1.29, 1.82) is 0 Å². The standard InChI is InChI=1S/C26H30ClN3O4S/c1-17-14-21-15-23(8-9-24(21)30(17)26(32)20-4-5-20)35(33,34)29-12-10-19(11-13-29)25(31)28-16-18-2-6-22(27)7-3-18/h2-3,6-9,15,17,19-20H,4-5,10-14,16H2,1H3,(H,28,31)/t17-/m1/s1. The Labute approximate surface area is 211 Å². The van der Waals surface area contributed by atoms with Gasteiger partial charge >= 0.3 is 0 Å². The summed E-state index contributed by atoms with van der Waals surface area (Å²) in [4.78, 5) is 27.4. The van der Waals surface area contributed by atoms with E-state index in [1.54, 1.807) is 30.3 Å². The van der Waals surface area contributed by atoms with E-state index in [1.165, 1.54) is 4.31 Å². The minimum absolute atomic E-state index is 0.0400. The molecule has 0 radical (unpaired) electrons. The number of nitrogens with one attached hydrogen (secondary N) is 1. The molecule has 0 spiro atoms. The van der Waals surface area contributed by atoms with Crippen molar-refractivity contribution in [2.75, 3.05) is 18.0 Å². The molecule has 2 amide bonds. The van der Waals surface area contributed by atoms with E-state index < -0.39 is 10.0 Å². The molecule has 7 nitrogen and oxygen atoms in total. The molecule has 35 heavy (non-hydrogen) atoms. The Bertz CT molecular complexity index is 1240. The summed E-state index contributed by atoms with van der Waals surface area (Å²) in [5, 5.41) is 3.60. The van der Waals surface area contributed by atoms with Gasteiger partial charge in [0.05, 0.1) is 4.90 Å². The average Bonchev–Trinajstić information content (AvgIpc) is 3.65. The third-order valence-corrected chi connectivity index (χ3v) is 9.42. The van der Waals surface area contributed by atoms with E-state index >= 15 is 0 Å². The van der Waals surface area contributed by atoms with Gasteiger partial charge in [-0.05, 0) is 80.5 Å². The summed E-state index contributed by atoms with van der Waals surface area (Å²) in [6.07, 6.45) is 3.51. The predicted molar refractivity (Wildman–Crippen MR) is 135 cm³/mol. The predicted octanol–water partition coefficient (Wildman–Crippen LogP) is 3.74. The molecule has 0 aromatic heterocycles. The number of carbonyl (C=O) groups is 2. The molecular formula is C26H30ClN3O4S. The molecule has 2 aliphatic heterocycles. The lowest BCUT2D eigenvalue weighted by atomic mass is 9.97. The van der Waals surface area contributed by atoms with Crippen LogP contribution in [-0.4, -0.2) is 43.7 Å². The van der Waals surface area contributed by atoms with Crippen LogP contribution >= 0.6 is 11.6 Å². The van der Waals surface area contributed by atoms with Crippen molar-refractivity contribution in [3.05, 3.63) is 58.6 Å². The highest BCUT2D eigenvalue weighted by molar-refractivity contribution is 7.89. The molecule has 9 heteroatoms. The highest BCUT2D eigenvalue weighted by Crippen LogP contribution is 2.40. The van der Waals surface area contributed by atoms with E-state index in [1.807, 2.05) is 24.0 Å². The molecule has 1 atom stereocenters. The van der Waals surface area contributed by atoms with E-state index in [0.29, 0.717) is 43.9 Å². The van der Waals surface area contributed by atoms with Crippen LogP contribution in [0.2, 0.25) is 5.02 Å². The van der Waals surface area contributed by atoms with Crippen LogP contribution in [0.15, 0.2) is 47.4 Å². The van der Waals surface area contributed by atoms with Crippen molar-refractivity contribution in [2.45, 2.75) is 56.5 Å². The van der Waals surface area contributed by atoms with Gasteiger partial charge in [0.2, 0.25) is 21.8 Å². The molecular weight excluding hydrogens is 486 g/mol. The fourth-order valence-corrected chi connectivity index (χ4v) is 6.72. The molecule has 2 aromatic rings. The summed E-state index contributed by atoms with van der Waals surface area (Å²) in [6, 6.07) is 12.5. The minimum Gasteiger partial charge on any atom is -0.352 e. The van der Waals surface area contributed by atoms with Gasteiger partial charge in [0.1, 0.15) is 0 Å². The third kappa shape index (κ3) is 4.97. The Morgan fingerprint density at radius 1 is 1.00 bits per heavy atom. The SMILES string of the molecule is C[C@@H]1Cc2cc(S(=O)(=O)N3CCC(C(=O)NCc4ccc(Cl)cc4)CC3)ccc2N1C(=O)C1CC1. The van der Waals surface area contributed by atoms with Gasteiger partial charge in [-0.15, -0.1) is 0 Å². The zero-order valence-corrected chi connectivity index (χ0v) is 21.3. The van der Waals surface area contributed by atoms with Crippen LogP contribution in [0.5, 0.6) is 0 Å². The van der Waals surface area contributed by atoms with Gasteiger partial charge in [0.25, 0.3) is 0 Å². The lowest BCUT2D eigenvalue weighted by Crippen LogP contribution is -2.42. The Balaban J connectivity index is 1.20. The topological polar surface area (TPSA) is 86.8 Å². The van der Waals surface area contributed by atoms with Crippen molar-refractivity contribution in [3.8, 4) is 0 Å². The second-order valence-electron chi connectivity index (χ2n) is 9.85. The normalized spacial score (nSPS) is 21.1. The van der Waals surface area contributed by atoms with Crippen molar-refractivity contribution in [1.82, 2.24) is 9.62 Å². The van der Waals surface area contributed by atoms with E-state index in [0.717, 1.165) is 29.7 Å². The first-order chi connectivity index (χ1) is 16.7. The first-order valence-corrected chi connectivity index (χ1v) is 14.0. The molecule has 2 heterocycles. The lowest BCUT2D eigenvalue weighted by Gasteiger charge is -2.30. The number of piperidine rings is 1. The van der Waals surface area contributed by atoms with Crippen LogP contribution in [0.4, 0.5) is 5.69 Å². The second kappa shape index (κ2) is 9.56. The number of hydrogen-bond acceptors (Lipinski definition) is 4. The first kappa shape index (κ1) is 24.3. The Kier molecular flexibility index (Phi) is 6.63. The molecule has 1 N–H and O–H groups in total. The molecule has 0 bridgehead atoms. The third-order valence-electron chi connectivity index (χ3n) is 7.27. The highest BCUT2D eigenvalue weighted by atomic mass is 35.5. The number of rotatable bonds is 6. The Hall–Kier alpha value is -2.42. The molecule has 2 aromatic carbocycles. The molecule has 0 unspecified atom stereocenters. The number of sulfonamides is 1. The number of amides is 2. The quantitative estimate of drug-likeness (QED) is 0.635. The molecule has 5 rings (SSSR count). The molecule has 3 aliphatic rings. The van der Waals surface area contributed by atoms with Crippen molar-refractivity contribution in [3.63, 3.8) is 0 Å². The van der Waals surface area contributed by atoms with Crippen molar-refractivity contribution in [2.24, 2.45) is 11.8 Å². The summed E-state index contributed by atoms with van der Waals surface area (Å²) in [7, 11) is -3.67. The number of fused-ring (bicyclic) bond motifs is 1. The molecule has 2 fully saturated rings. The number of anilines is 1. The Morgan fingerprint density at radius 2 is 1.69 bits per heavy atom. The summed E-state index contributed by atoms with van der Waals surface area (Å²) in [5.41, 5.74) is 2.71. The van der Waals surface area contributed by atoms with E-state index in [2.05, 4.69) is 5.32 Å². The summed E-state index contributed by atoms with van der Waals surface area (Å²) < 4.78 is 28.2. The maximum Gasteiger partial charge on any atom is 0.243 e.